The maximum absolute atomic E-state index is 13.1. The first-order chi connectivity index (χ1) is 26.9. The first-order valence-electron chi connectivity index (χ1n) is 20.3. The van der Waals surface area contributed by atoms with Crippen LogP contribution in [-0.2, 0) is 35.8 Å². The van der Waals surface area contributed by atoms with E-state index in [1.54, 1.807) is 11.6 Å². The van der Waals surface area contributed by atoms with E-state index < -0.39 is 11.7 Å². The summed E-state index contributed by atoms with van der Waals surface area (Å²) in [7, 11) is 1.80. The van der Waals surface area contributed by atoms with Crippen LogP contribution in [0.5, 0.6) is 0 Å². The van der Waals surface area contributed by atoms with Crippen LogP contribution in [-0.4, -0.2) is 32.8 Å². The smallest absolute Gasteiger partial charge is 0.408 e. The highest BCUT2D eigenvalue weighted by atomic mass is 35.5. The van der Waals surface area contributed by atoms with Gasteiger partial charge in [0.1, 0.15) is 11.3 Å². The summed E-state index contributed by atoms with van der Waals surface area (Å²) >= 11 is 7.18. The average molecular weight is 777 g/mol. The largest absolute Gasteiger partial charge is 0.498 e. The number of amides is 1. The maximum Gasteiger partial charge on any atom is 0.408 e. The second-order valence-electron chi connectivity index (χ2n) is 16.2. The van der Waals surface area contributed by atoms with Gasteiger partial charge in [0.05, 0.1) is 29.8 Å². The molecule has 1 saturated heterocycles. The van der Waals surface area contributed by atoms with Crippen molar-refractivity contribution in [2.45, 2.75) is 122 Å². The van der Waals surface area contributed by atoms with E-state index >= 15 is 0 Å². The molecule has 0 bridgehead atoms. The Morgan fingerprint density at radius 3 is 2.61 bits per heavy atom. The standard InChI is InChI=1S/C47H57ClN4O4/c1-7-32(41-24-12-13-29-55-41)25-26-40-42(31(2)35-17-9-11-22-38-36(30-35)27-28-52(6)45(38)53)51-44(48)43(49-40)34-19-14-18-33-16-8-10-21-37(33)39(23-15-20-34)50-46(54)56-47(3,4)5/h7-8,10,16,20-21,27-28,30,39H,1-2,9,11-15,17-19,22-26,29H2,3-6H3,(H,50,54)/b34-20+,35-30-,41-32+/t39-/m0/s1. The molecule has 56 heavy (non-hydrogen) atoms. The summed E-state index contributed by atoms with van der Waals surface area (Å²) in [4.78, 5) is 36.6. The number of benzene rings is 1. The van der Waals surface area contributed by atoms with Crippen LogP contribution in [0, 0.1) is 0 Å². The normalized spacial score (nSPS) is 20.6. The molecule has 1 atom stereocenters. The van der Waals surface area contributed by atoms with Gasteiger partial charge < -0.3 is 19.4 Å². The fraction of sp³-hybridized carbons (Fsp3) is 0.447. The number of nitrogens with zero attached hydrogens (tertiary/aromatic N) is 3. The minimum atomic E-state index is -0.598. The molecule has 1 fully saturated rings. The topological polar surface area (TPSA) is 95.3 Å². The predicted molar refractivity (Wildman–Crippen MR) is 227 cm³/mol. The van der Waals surface area contributed by atoms with Crippen LogP contribution in [0.1, 0.15) is 137 Å². The molecule has 6 rings (SSSR count). The molecule has 1 aromatic carbocycles. The molecule has 0 spiro atoms. The summed E-state index contributed by atoms with van der Waals surface area (Å²) in [5.74, 6) is 1.01. The number of rotatable bonds is 8. The molecule has 0 unspecified atom stereocenters. The summed E-state index contributed by atoms with van der Waals surface area (Å²) in [6, 6.07) is 10.1. The van der Waals surface area contributed by atoms with Crippen LogP contribution >= 0.6 is 11.6 Å². The third-order valence-electron chi connectivity index (χ3n) is 10.9. The Morgan fingerprint density at radius 1 is 1.05 bits per heavy atom. The molecule has 2 aliphatic carbocycles. The molecule has 3 heterocycles. The molecule has 1 N–H and O–H groups in total. The van der Waals surface area contributed by atoms with Crippen molar-refractivity contribution in [3.63, 3.8) is 0 Å². The first-order valence-corrected chi connectivity index (χ1v) is 20.7. The zero-order valence-electron chi connectivity index (χ0n) is 33.6. The number of hydrogen-bond acceptors (Lipinski definition) is 6. The number of halogens is 1. The molecule has 3 aliphatic rings. The lowest BCUT2D eigenvalue weighted by molar-refractivity contribution is 0.0501. The van der Waals surface area contributed by atoms with Gasteiger partial charge in [-0.25, -0.2) is 14.8 Å². The van der Waals surface area contributed by atoms with Crippen molar-refractivity contribution in [1.29, 1.82) is 0 Å². The van der Waals surface area contributed by atoms with Crippen molar-refractivity contribution < 1.29 is 14.3 Å². The van der Waals surface area contributed by atoms with Crippen molar-refractivity contribution in [3.05, 3.63) is 134 Å². The number of carbonyl (C=O) groups excluding carboxylic acids is 1. The third kappa shape index (κ3) is 10.2. The molecule has 9 heteroatoms. The summed E-state index contributed by atoms with van der Waals surface area (Å²) in [6.45, 7) is 15.1. The number of aromatic nitrogens is 3. The minimum absolute atomic E-state index is 0.0443. The number of ether oxygens (including phenoxy) is 2. The number of alkyl carbamates (subject to hydrolysis) is 1. The second kappa shape index (κ2) is 18.5. The van der Waals surface area contributed by atoms with Gasteiger partial charge in [-0.05, 0) is 149 Å². The van der Waals surface area contributed by atoms with E-state index in [1.807, 2.05) is 45.2 Å². The van der Waals surface area contributed by atoms with Crippen LogP contribution in [0.25, 0.3) is 17.2 Å². The van der Waals surface area contributed by atoms with Gasteiger partial charge in [-0.2, -0.15) is 0 Å². The van der Waals surface area contributed by atoms with Crippen molar-refractivity contribution in [3.8, 4) is 0 Å². The number of pyridine rings is 1. The SMILES string of the molecule is C=C/C(CCc1nc(/C2=C/CC[C@H](NC(=O)OC(C)(C)C)c3ccccc3CCC2)c(Cl)nc1C(=C)/C1=C\c2ccn(C)c(=O)c2CCCC1)=C1/CCCCO1. The van der Waals surface area contributed by atoms with E-state index in [9.17, 15) is 9.59 Å². The summed E-state index contributed by atoms with van der Waals surface area (Å²) in [5, 5.41) is 3.50. The Hall–Kier alpha value is -4.69. The Kier molecular flexibility index (Phi) is 13.5. The average Bonchev–Trinajstić information content (AvgIpc) is 3.16. The van der Waals surface area contributed by atoms with E-state index in [4.69, 9.17) is 31.0 Å². The van der Waals surface area contributed by atoms with Crippen molar-refractivity contribution >= 4 is 34.9 Å². The van der Waals surface area contributed by atoms with Crippen molar-refractivity contribution in [2.75, 3.05) is 6.61 Å². The number of fused-ring (bicyclic) bond motifs is 2. The van der Waals surface area contributed by atoms with Gasteiger partial charge in [-0.1, -0.05) is 67.3 Å². The molecule has 0 saturated carbocycles. The molecular formula is C47H57ClN4O4. The molecule has 1 amide bonds. The fourth-order valence-corrected chi connectivity index (χ4v) is 8.25. The van der Waals surface area contributed by atoms with Gasteiger partial charge in [-0.15, -0.1) is 0 Å². The highest BCUT2D eigenvalue weighted by Crippen LogP contribution is 2.36. The molecule has 296 valence electrons. The first kappa shape index (κ1) is 41.0. The fourth-order valence-electron chi connectivity index (χ4n) is 8.00. The van der Waals surface area contributed by atoms with Crippen molar-refractivity contribution in [2.24, 2.45) is 7.05 Å². The lowest BCUT2D eigenvalue weighted by Crippen LogP contribution is -2.35. The van der Waals surface area contributed by atoms with Crippen molar-refractivity contribution in [1.82, 2.24) is 19.9 Å². The van der Waals surface area contributed by atoms with Gasteiger partial charge in [0.2, 0.25) is 0 Å². The van der Waals surface area contributed by atoms with Crippen LogP contribution in [0.4, 0.5) is 4.79 Å². The van der Waals surface area contributed by atoms with Gasteiger partial charge >= 0.3 is 6.09 Å². The lowest BCUT2D eigenvalue weighted by Gasteiger charge is -2.26. The monoisotopic (exact) mass is 776 g/mol. The molecule has 3 aromatic rings. The quantitative estimate of drug-likeness (QED) is 0.245. The van der Waals surface area contributed by atoms with E-state index in [0.29, 0.717) is 42.2 Å². The van der Waals surface area contributed by atoms with E-state index in [-0.39, 0.29) is 11.6 Å². The van der Waals surface area contributed by atoms with Gasteiger partial charge in [0, 0.05) is 25.2 Å². The number of nitrogens with one attached hydrogen (secondary N) is 1. The summed E-state index contributed by atoms with van der Waals surface area (Å²) in [5.41, 5.74) is 9.70. The zero-order valence-corrected chi connectivity index (χ0v) is 34.4. The molecule has 8 nitrogen and oxygen atoms in total. The Bertz CT molecular complexity index is 2110. The predicted octanol–water partition coefficient (Wildman–Crippen LogP) is 11.0. The Labute approximate surface area is 337 Å². The summed E-state index contributed by atoms with van der Waals surface area (Å²) in [6.07, 6.45) is 19.3. The van der Waals surface area contributed by atoms with Crippen LogP contribution < -0.4 is 10.9 Å². The maximum atomic E-state index is 13.1. The van der Waals surface area contributed by atoms with Crippen LogP contribution in [0.3, 0.4) is 0 Å². The number of carbonyl (C=O) groups is 1. The number of hydrogen-bond donors (Lipinski definition) is 1. The molecule has 2 aromatic heterocycles. The Balaban J connectivity index is 1.37. The van der Waals surface area contributed by atoms with E-state index in [2.05, 4.69) is 48.8 Å². The molecule has 0 radical (unpaired) electrons. The number of aryl methyl sites for hydroxylation is 3. The number of allylic oxidation sites excluding steroid dienone is 7. The minimum Gasteiger partial charge on any atom is -0.498 e. The third-order valence-corrected chi connectivity index (χ3v) is 11.2. The zero-order chi connectivity index (χ0) is 39.8. The summed E-state index contributed by atoms with van der Waals surface area (Å²) < 4.78 is 13.4. The lowest BCUT2D eigenvalue weighted by atomic mass is 9.89. The van der Waals surface area contributed by atoms with Gasteiger partial charge in [0.15, 0.2) is 5.15 Å². The Morgan fingerprint density at radius 2 is 1.84 bits per heavy atom. The van der Waals surface area contributed by atoms with Gasteiger partial charge in [0.25, 0.3) is 5.56 Å². The van der Waals surface area contributed by atoms with Crippen LogP contribution in [0.2, 0.25) is 5.15 Å². The van der Waals surface area contributed by atoms with E-state index in [0.717, 1.165) is 121 Å². The second-order valence-corrected chi connectivity index (χ2v) is 16.6. The highest BCUT2D eigenvalue weighted by Gasteiger charge is 2.25. The van der Waals surface area contributed by atoms with Crippen LogP contribution in [0.15, 0.2) is 83.5 Å². The van der Waals surface area contributed by atoms with Gasteiger partial charge in [-0.3, -0.25) is 4.79 Å². The molecular weight excluding hydrogens is 720 g/mol. The molecule has 1 aliphatic heterocycles. The highest BCUT2D eigenvalue weighted by molar-refractivity contribution is 6.31. The van der Waals surface area contributed by atoms with E-state index in [1.165, 1.54) is 5.56 Å².